The van der Waals surface area contributed by atoms with Gasteiger partial charge in [-0.05, 0) is 57.8 Å². The summed E-state index contributed by atoms with van der Waals surface area (Å²) in [6, 6.07) is 0. The number of hydrogen-bond donors (Lipinski definition) is 1. The lowest BCUT2D eigenvalue weighted by atomic mass is 9.91. The molecule has 0 amide bonds. The third-order valence-electron chi connectivity index (χ3n) is 4.30. The van der Waals surface area contributed by atoms with E-state index in [1.165, 1.54) is 64.7 Å². The summed E-state index contributed by atoms with van der Waals surface area (Å²) >= 11 is 0. The lowest BCUT2D eigenvalue weighted by molar-refractivity contribution is 0.151. The maximum atomic E-state index is 3.28. The highest BCUT2D eigenvalue weighted by Crippen LogP contribution is 2.23. The van der Waals surface area contributed by atoms with Crippen LogP contribution in [0.2, 0.25) is 0 Å². The average molecular weight is 301 g/mol. The van der Waals surface area contributed by atoms with Gasteiger partial charge < -0.3 is 10.2 Å². The Morgan fingerprint density at radius 3 is 2.05 bits per heavy atom. The second kappa shape index (κ2) is 18.0. The zero-order valence-electron chi connectivity index (χ0n) is 16.2. The zero-order chi connectivity index (χ0) is 16.5. The number of piperidine rings is 1. The van der Waals surface area contributed by atoms with E-state index in [0.717, 1.165) is 11.8 Å². The number of nitrogens with one attached hydrogen (secondary N) is 1. The molecule has 2 nitrogen and oxygen atoms in total. The van der Waals surface area contributed by atoms with Crippen molar-refractivity contribution in [3.05, 3.63) is 0 Å². The van der Waals surface area contributed by atoms with Gasteiger partial charge in [0.05, 0.1) is 0 Å². The molecule has 0 aromatic heterocycles. The molecule has 1 rings (SSSR count). The first-order valence-electron chi connectivity index (χ1n) is 9.67. The molecule has 130 valence electrons. The first-order valence-corrected chi connectivity index (χ1v) is 9.67. The zero-order valence-corrected chi connectivity index (χ0v) is 16.2. The van der Waals surface area contributed by atoms with Crippen LogP contribution in [0.25, 0.3) is 0 Å². The highest BCUT2D eigenvalue weighted by molar-refractivity contribution is 4.74. The van der Waals surface area contributed by atoms with Gasteiger partial charge in [-0.25, -0.2) is 0 Å². The summed E-state index contributed by atoms with van der Waals surface area (Å²) in [5.74, 6) is 1.92. The molecule has 1 heterocycles. The Labute approximate surface area is 136 Å². The van der Waals surface area contributed by atoms with Gasteiger partial charge >= 0.3 is 0 Å². The van der Waals surface area contributed by atoms with Crippen molar-refractivity contribution >= 4 is 0 Å². The quantitative estimate of drug-likeness (QED) is 0.664. The Kier molecular flexibility index (Phi) is 19.8. The van der Waals surface area contributed by atoms with Crippen molar-refractivity contribution in [2.75, 3.05) is 33.2 Å². The predicted molar refractivity (Wildman–Crippen MR) is 99.1 cm³/mol. The van der Waals surface area contributed by atoms with Crippen LogP contribution in [0, 0.1) is 11.8 Å². The molecule has 1 aliphatic heterocycles. The number of hydrogen-bond acceptors (Lipinski definition) is 2. The fourth-order valence-corrected chi connectivity index (χ4v) is 3.00. The molecule has 0 aliphatic carbocycles. The van der Waals surface area contributed by atoms with Crippen molar-refractivity contribution < 1.29 is 0 Å². The number of likely N-dealkylation sites (tertiary alicyclic amines) is 1. The summed E-state index contributed by atoms with van der Waals surface area (Å²) in [6.07, 6.45) is 8.36. The van der Waals surface area contributed by atoms with Crippen LogP contribution < -0.4 is 5.32 Å². The molecule has 21 heavy (non-hydrogen) atoms. The van der Waals surface area contributed by atoms with E-state index < -0.39 is 0 Å². The van der Waals surface area contributed by atoms with E-state index >= 15 is 0 Å². The highest BCUT2D eigenvalue weighted by Gasteiger charge is 2.20. The molecule has 0 aromatic carbocycles. The molecule has 1 saturated heterocycles. The molecule has 1 fully saturated rings. The molecular weight excluding hydrogens is 256 g/mol. The summed E-state index contributed by atoms with van der Waals surface area (Å²) in [6.45, 7) is 17.9. The first kappa shape index (κ1) is 23.2. The van der Waals surface area contributed by atoms with E-state index in [4.69, 9.17) is 0 Å². The van der Waals surface area contributed by atoms with Crippen LogP contribution in [-0.2, 0) is 0 Å². The van der Waals surface area contributed by atoms with Gasteiger partial charge in [0, 0.05) is 6.54 Å². The van der Waals surface area contributed by atoms with Crippen LogP contribution in [0.1, 0.15) is 80.1 Å². The standard InChI is InChI=1S/C15H32N2.2C2H6/c1-4-6-15-8-11-17(12-9-15)13-14(5-2)7-10-16-3;2*1-2/h14-16H,4-13H2,1-3H3;2*1-2H3. The lowest BCUT2D eigenvalue weighted by Crippen LogP contribution is -2.37. The third kappa shape index (κ3) is 12.2. The maximum Gasteiger partial charge on any atom is 0.00100 e. The molecule has 1 unspecified atom stereocenters. The van der Waals surface area contributed by atoms with Crippen LogP contribution in [0.15, 0.2) is 0 Å². The van der Waals surface area contributed by atoms with Crippen molar-refractivity contribution in [3.8, 4) is 0 Å². The van der Waals surface area contributed by atoms with E-state index in [1.807, 2.05) is 27.7 Å². The molecule has 0 spiro atoms. The normalized spacial score (nSPS) is 17.3. The van der Waals surface area contributed by atoms with E-state index in [-0.39, 0.29) is 0 Å². The van der Waals surface area contributed by atoms with Gasteiger partial charge in [-0.2, -0.15) is 0 Å². The van der Waals surface area contributed by atoms with Crippen molar-refractivity contribution in [1.82, 2.24) is 10.2 Å². The van der Waals surface area contributed by atoms with Gasteiger partial charge in [-0.15, -0.1) is 0 Å². The van der Waals surface area contributed by atoms with Crippen molar-refractivity contribution in [1.29, 1.82) is 0 Å². The van der Waals surface area contributed by atoms with Crippen LogP contribution in [0.3, 0.4) is 0 Å². The van der Waals surface area contributed by atoms with E-state index in [2.05, 4.69) is 31.1 Å². The maximum absolute atomic E-state index is 3.28. The topological polar surface area (TPSA) is 15.3 Å². The largest absolute Gasteiger partial charge is 0.320 e. The van der Waals surface area contributed by atoms with E-state index in [9.17, 15) is 0 Å². The summed E-state index contributed by atoms with van der Waals surface area (Å²) in [5, 5.41) is 3.28. The Bertz CT molecular complexity index is 174. The van der Waals surface area contributed by atoms with Gasteiger partial charge in [0.25, 0.3) is 0 Å². The van der Waals surface area contributed by atoms with Crippen LogP contribution in [0.4, 0.5) is 0 Å². The van der Waals surface area contributed by atoms with Gasteiger partial charge in [-0.1, -0.05) is 60.8 Å². The SMILES string of the molecule is CC.CC.CCCC1CCN(CC(CC)CCNC)CC1. The molecule has 0 radical (unpaired) electrons. The van der Waals surface area contributed by atoms with E-state index in [0.29, 0.717) is 0 Å². The monoisotopic (exact) mass is 300 g/mol. The molecule has 1 N–H and O–H groups in total. The van der Waals surface area contributed by atoms with Crippen molar-refractivity contribution in [3.63, 3.8) is 0 Å². The summed E-state index contributed by atoms with van der Waals surface area (Å²) in [7, 11) is 2.06. The molecule has 0 saturated carbocycles. The Morgan fingerprint density at radius 2 is 1.62 bits per heavy atom. The third-order valence-corrected chi connectivity index (χ3v) is 4.30. The van der Waals surface area contributed by atoms with Gasteiger partial charge in [0.15, 0.2) is 0 Å². The Morgan fingerprint density at radius 1 is 1.05 bits per heavy atom. The minimum Gasteiger partial charge on any atom is -0.320 e. The molecular formula is C19H44N2. The van der Waals surface area contributed by atoms with Crippen LogP contribution in [-0.4, -0.2) is 38.1 Å². The predicted octanol–water partition coefficient (Wildman–Crippen LogP) is 5.19. The average Bonchev–Trinajstić information content (AvgIpc) is 2.57. The lowest BCUT2D eigenvalue weighted by Gasteiger charge is -2.34. The highest BCUT2D eigenvalue weighted by atomic mass is 15.1. The van der Waals surface area contributed by atoms with E-state index in [1.54, 1.807) is 0 Å². The molecule has 0 aromatic rings. The second-order valence-corrected chi connectivity index (χ2v) is 5.70. The Balaban J connectivity index is 0. The smallest absolute Gasteiger partial charge is 0.00100 e. The van der Waals surface area contributed by atoms with Gasteiger partial charge in [-0.3, -0.25) is 0 Å². The molecule has 1 aliphatic rings. The van der Waals surface area contributed by atoms with Crippen molar-refractivity contribution in [2.45, 2.75) is 80.1 Å². The van der Waals surface area contributed by atoms with Gasteiger partial charge in [0.1, 0.15) is 0 Å². The minimum absolute atomic E-state index is 0.894. The number of nitrogens with zero attached hydrogens (tertiary/aromatic N) is 1. The first-order chi connectivity index (χ1) is 10.3. The molecule has 0 bridgehead atoms. The van der Waals surface area contributed by atoms with Crippen LogP contribution in [0.5, 0.6) is 0 Å². The van der Waals surface area contributed by atoms with Crippen molar-refractivity contribution in [2.24, 2.45) is 11.8 Å². The van der Waals surface area contributed by atoms with Gasteiger partial charge in [0.2, 0.25) is 0 Å². The van der Waals surface area contributed by atoms with Crippen LogP contribution >= 0.6 is 0 Å². The summed E-state index contributed by atoms with van der Waals surface area (Å²) < 4.78 is 0. The minimum atomic E-state index is 0.894. The fourth-order valence-electron chi connectivity index (χ4n) is 3.00. The molecule has 1 atom stereocenters. The summed E-state index contributed by atoms with van der Waals surface area (Å²) in [4.78, 5) is 2.70. The number of rotatable bonds is 8. The fraction of sp³-hybridized carbons (Fsp3) is 1.00. The molecule has 2 heteroatoms. The summed E-state index contributed by atoms with van der Waals surface area (Å²) in [5.41, 5.74) is 0. The second-order valence-electron chi connectivity index (χ2n) is 5.70. The Hall–Kier alpha value is -0.0800.